The van der Waals surface area contributed by atoms with Gasteiger partial charge in [-0.15, -0.1) is 0 Å². The van der Waals surface area contributed by atoms with Gasteiger partial charge in [-0.25, -0.2) is 0 Å². The number of benzene rings is 1. The summed E-state index contributed by atoms with van der Waals surface area (Å²) in [6, 6.07) is 7.60. The monoisotopic (exact) mass is 346 g/mol. The van der Waals surface area contributed by atoms with E-state index in [1.54, 1.807) is 6.07 Å². The normalized spacial score (nSPS) is 17.8. The number of hydrogen-bond donors (Lipinski definition) is 0. The minimum atomic E-state index is 0.0166. The fourth-order valence-corrected chi connectivity index (χ4v) is 3.19. The summed E-state index contributed by atoms with van der Waals surface area (Å²) in [6.45, 7) is 3.63. The fraction of sp³-hybridized carbons (Fsp3) is 0.471. The smallest absolute Gasteiger partial charge is 0.226 e. The molecule has 1 aromatic heterocycles. The molecule has 3 rings (SSSR count). The number of aromatic nitrogens is 2. The molecule has 0 aliphatic carbocycles. The molecular formula is C17H19ClN4O2. The number of hydrogen-bond acceptors (Lipinski definition) is 6. The summed E-state index contributed by atoms with van der Waals surface area (Å²) in [4.78, 5) is 6.77. The summed E-state index contributed by atoms with van der Waals surface area (Å²) in [7, 11) is 0. The standard InChI is InChI=1S/C17H19ClN4O2/c1-2-16-20-17(21-24-16)14-4-3-8-22(14)11-12-10-13(18)5-6-15(12)23-9-7-19/h5-6,10,14H,2-4,8-9,11H2,1H3/t14-/m0/s1. The minimum absolute atomic E-state index is 0.0166. The third kappa shape index (κ3) is 3.69. The van der Waals surface area contributed by atoms with Crippen LogP contribution >= 0.6 is 11.6 Å². The maximum absolute atomic E-state index is 8.74. The largest absolute Gasteiger partial charge is 0.478 e. The predicted octanol–water partition coefficient (Wildman–Crippen LogP) is 3.52. The lowest BCUT2D eigenvalue weighted by Gasteiger charge is -2.23. The minimum Gasteiger partial charge on any atom is -0.478 e. The molecule has 0 saturated carbocycles. The molecule has 1 aliphatic rings. The molecule has 126 valence electrons. The van der Waals surface area contributed by atoms with E-state index in [1.807, 2.05) is 25.1 Å². The van der Waals surface area contributed by atoms with Crippen molar-refractivity contribution in [1.29, 1.82) is 5.26 Å². The van der Waals surface area contributed by atoms with E-state index in [0.717, 1.165) is 37.2 Å². The van der Waals surface area contributed by atoms with Crippen LogP contribution in [0.2, 0.25) is 5.02 Å². The van der Waals surface area contributed by atoms with Gasteiger partial charge >= 0.3 is 0 Å². The number of nitrogens with zero attached hydrogens (tertiary/aromatic N) is 4. The van der Waals surface area contributed by atoms with Crippen LogP contribution in [-0.2, 0) is 13.0 Å². The first-order valence-electron chi connectivity index (χ1n) is 8.06. The lowest BCUT2D eigenvalue weighted by atomic mass is 10.1. The number of halogens is 1. The molecule has 0 bridgehead atoms. The molecule has 6 nitrogen and oxygen atoms in total. The van der Waals surface area contributed by atoms with Crippen molar-refractivity contribution in [2.75, 3.05) is 13.2 Å². The van der Waals surface area contributed by atoms with E-state index in [2.05, 4.69) is 15.0 Å². The first-order valence-corrected chi connectivity index (χ1v) is 8.43. The Morgan fingerprint density at radius 2 is 2.38 bits per heavy atom. The first kappa shape index (κ1) is 16.7. The van der Waals surface area contributed by atoms with E-state index < -0.39 is 0 Å². The van der Waals surface area contributed by atoms with E-state index in [-0.39, 0.29) is 12.6 Å². The molecule has 0 N–H and O–H groups in total. The van der Waals surface area contributed by atoms with Crippen molar-refractivity contribution in [2.24, 2.45) is 0 Å². The van der Waals surface area contributed by atoms with Gasteiger partial charge in [0.1, 0.15) is 11.8 Å². The Balaban J connectivity index is 1.79. The van der Waals surface area contributed by atoms with Crippen molar-refractivity contribution < 1.29 is 9.26 Å². The molecule has 1 fully saturated rings. The van der Waals surface area contributed by atoms with Gasteiger partial charge in [-0.3, -0.25) is 4.90 Å². The van der Waals surface area contributed by atoms with Gasteiger partial charge in [-0.1, -0.05) is 23.7 Å². The maximum Gasteiger partial charge on any atom is 0.226 e. The summed E-state index contributed by atoms with van der Waals surface area (Å²) in [6.07, 6.45) is 2.81. The molecule has 2 heterocycles. The Morgan fingerprint density at radius 1 is 1.50 bits per heavy atom. The van der Waals surface area contributed by atoms with Crippen LogP contribution < -0.4 is 4.74 Å². The van der Waals surface area contributed by atoms with Gasteiger partial charge in [0.15, 0.2) is 12.4 Å². The Morgan fingerprint density at radius 3 is 3.12 bits per heavy atom. The molecule has 1 aliphatic heterocycles. The van der Waals surface area contributed by atoms with Crippen LogP contribution in [0.25, 0.3) is 0 Å². The number of ether oxygens (including phenoxy) is 1. The number of rotatable bonds is 6. The van der Waals surface area contributed by atoms with Gasteiger partial charge in [0, 0.05) is 23.6 Å². The highest BCUT2D eigenvalue weighted by molar-refractivity contribution is 6.30. The molecular weight excluding hydrogens is 328 g/mol. The Kier molecular flexibility index (Phi) is 5.34. The van der Waals surface area contributed by atoms with Gasteiger partial charge in [-0.05, 0) is 37.6 Å². The first-order chi connectivity index (χ1) is 11.7. The zero-order chi connectivity index (χ0) is 16.9. The molecule has 0 amide bonds. The molecule has 0 spiro atoms. The molecule has 24 heavy (non-hydrogen) atoms. The molecule has 1 atom stereocenters. The van der Waals surface area contributed by atoms with Crippen LogP contribution in [0.5, 0.6) is 5.75 Å². The van der Waals surface area contributed by atoms with Crippen molar-refractivity contribution >= 4 is 11.6 Å². The van der Waals surface area contributed by atoms with E-state index in [9.17, 15) is 0 Å². The zero-order valence-electron chi connectivity index (χ0n) is 13.5. The molecule has 0 radical (unpaired) electrons. The van der Waals surface area contributed by atoms with Crippen LogP contribution in [0, 0.1) is 11.3 Å². The third-order valence-electron chi connectivity index (χ3n) is 4.14. The van der Waals surface area contributed by atoms with E-state index in [4.69, 9.17) is 26.1 Å². The molecule has 7 heteroatoms. The highest BCUT2D eigenvalue weighted by Crippen LogP contribution is 2.34. The van der Waals surface area contributed by atoms with Gasteiger partial charge < -0.3 is 9.26 Å². The second kappa shape index (κ2) is 7.65. The van der Waals surface area contributed by atoms with E-state index in [0.29, 0.717) is 23.2 Å². The average molecular weight is 347 g/mol. The van der Waals surface area contributed by atoms with Gasteiger partial charge in [0.25, 0.3) is 0 Å². The lowest BCUT2D eigenvalue weighted by molar-refractivity contribution is 0.230. The van der Waals surface area contributed by atoms with Crippen molar-refractivity contribution in [2.45, 2.75) is 38.8 Å². The van der Waals surface area contributed by atoms with E-state index >= 15 is 0 Å². The number of aryl methyl sites for hydroxylation is 1. The Bertz CT molecular complexity index is 740. The van der Waals surface area contributed by atoms with Crippen LogP contribution in [0.1, 0.15) is 43.1 Å². The number of likely N-dealkylation sites (tertiary alicyclic amines) is 1. The Hall–Kier alpha value is -2.10. The van der Waals surface area contributed by atoms with Crippen molar-refractivity contribution in [3.63, 3.8) is 0 Å². The van der Waals surface area contributed by atoms with Crippen LogP contribution in [0.3, 0.4) is 0 Å². The van der Waals surface area contributed by atoms with Crippen LogP contribution in [0.15, 0.2) is 22.7 Å². The molecule has 1 aromatic carbocycles. The topological polar surface area (TPSA) is 75.2 Å². The Labute approximate surface area is 146 Å². The summed E-state index contributed by atoms with van der Waals surface area (Å²) in [5.74, 6) is 2.09. The summed E-state index contributed by atoms with van der Waals surface area (Å²) >= 11 is 6.13. The van der Waals surface area contributed by atoms with E-state index in [1.165, 1.54) is 0 Å². The second-order valence-corrected chi connectivity index (χ2v) is 6.16. The molecule has 2 aromatic rings. The predicted molar refractivity (Wildman–Crippen MR) is 88.6 cm³/mol. The second-order valence-electron chi connectivity index (χ2n) is 5.73. The SMILES string of the molecule is CCc1nc([C@@H]2CCCN2Cc2cc(Cl)ccc2OCC#N)no1. The fourth-order valence-electron chi connectivity index (χ4n) is 3.00. The molecule has 0 unspecified atom stereocenters. The van der Waals surface area contributed by atoms with Gasteiger partial charge in [0.2, 0.25) is 5.89 Å². The maximum atomic E-state index is 8.74. The summed E-state index contributed by atoms with van der Waals surface area (Å²) < 4.78 is 10.8. The summed E-state index contributed by atoms with van der Waals surface area (Å²) in [5, 5.41) is 13.5. The van der Waals surface area contributed by atoms with Crippen LogP contribution in [0.4, 0.5) is 0 Å². The quantitative estimate of drug-likeness (QED) is 0.796. The van der Waals surface area contributed by atoms with Crippen molar-refractivity contribution in [1.82, 2.24) is 15.0 Å². The van der Waals surface area contributed by atoms with Crippen LogP contribution in [-0.4, -0.2) is 28.2 Å². The van der Waals surface area contributed by atoms with Gasteiger partial charge in [-0.2, -0.15) is 10.2 Å². The highest BCUT2D eigenvalue weighted by Gasteiger charge is 2.30. The molecule has 1 saturated heterocycles. The number of nitriles is 1. The van der Waals surface area contributed by atoms with Crippen molar-refractivity contribution in [3.05, 3.63) is 40.5 Å². The lowest BCUT2D eigenvalue weighted by Crippen LogP contribution is -2.24. The third-order valence-corrected chi connectivity index (χ3v) is 4.37. The summed E-state index contributed by atoms with van der Waals surface area (Å²) in [5.41, 5.74) is 0.962. The van der Waals surface area contributed by atoms with Crippen molar-refractivity contribution in [3.8, 4) is 11.8 Å². The zero-order valence-corrected chi connectivity index (χ0v) is 14.3. The van der Waals surface area contributed by atoms with Gasteiger partial charge in [0.05, 0.1) is 6.04 Å². The average Bonchev–Trinajstić information content (AvgIpc) is 3.22. The highest BCUT2D eigenvalue weighted by atomic mass is 35.5.